The molecule has 4 aromatic rings. The molecule has 0 radical (unpaired) electrons. The Morgan fingerprint density at radius 2 is 1.86 bits per heavy atom. The van der Waals surface area contributed by atoms with Crippen LogP contribution >= 0.6 is 0 Å². The minimum absolute atomic E-state index is 0.0286. The summed E-state index contributed by atoms with van der Waals surface area (Å²) in [6, 6.07) is 13.7. The van der Waals surface area contributed by atoms with Crippen LogP contribution in [0.3, 0.4) is 0 Å². The van der Waals surface area contributed by atoms with E-state index in [1.165, 1.54) is 0 Å². The van der Waals surface area contributed by atoms with E-state index in [4.69, 9.17) is 9.40 Å². The second-order valence-corrected chi connectivity index (χ2v) is 9.18. The number of nitrogens with zero attached hydrogens (tertiary/aromatic N) is 6. The summed E-state index contributed by atoms with van der Waals surface area (Å²) in [5.74, 6) is 1.22. The number of hydrogen-bond acceptors (Lipinski definition) is 9. The van der Waals surface area contributed by atoms with Gasteiger partial charge in [0.05, 0.1) is 13.0 Å². The summed E-state index contributed by atoms with van der Waals surface area (Å²) in [6.45, 7) is 7.07. The first kappa shape index (κ1) is 23.7. The molecule has 0 atom stereocenters. The standard InChI is InChI=1S/C26H29N7O3/c1-17(2)28-20(34)16-32-11-13-33(14-12-32)25-19-9-6-10-27-22(19)24(35)23(29-25)26-31-30-21(36-26)15-18-7-4-3-5-8-18/h3-10,17,35H,11-16H2,1-2H3,(H,28,34). The molecule has 1 amide bonds. The topological polar surface area (TPSA) is 121 Å². The zero-order valence-electron chi connectivity index (χ0n) is 20.4. The maximum absolute atomic E-state index is 12.2. The van der Waals surface area contributed by atoms with Gasteiger partial charge in [0, 0.05) is 43.8 Å². The molecule has 36 heavy (non-hydrogen) atoms. The number of benzene rings is 1. The monoisotopic (exact) mass is 487 g/mol. The lowest BCUT2D eigenvalue weighted by atomic mass is 10.1. The van der Waals surface area contributed by atoms with Crippen LogP contribution in [-0.4, -0.2) is 74.8 Å². The molecule has 1 aliphatic rings. The van der Waals surface area contributed by atoms with Crippen molar-refractivity contribution in [2.24, 2.45) is 0 Å². The number of carbonyl (C=O) groups excluding carboxylic acids is 1. The quantitative estimate of drug-likeness (QED) is 0.405. The first-order valence-electron chi connectivity index (χ1n) is 12.1. The Bertz CT molecular complexity index is 1350. The van der Waals surface area contributed by atoms with Gasteiger partial charge in [-0.25, -0.2) is 4.98 Å². The van der Waals surface area contributed by atoms with Crippen LogP contribution in [0.5, 0.6) is 5.75 Å². The van der Waals surface area contributed by atoms with Gasteiger partial charge in [-0.2, -0.15) is 0 Å². The Morgan fingerprint density at radius 3 is 2.61 bits per heavy atom. The molecule has 4 heterocycles. The number of nitrogens with one attached hydrogen (secondary N) is 1. The Kier molecular flexibility index (Phi) is 6.77. The molecule has 10 heteroatoms. The molecule has 3 aromatic heterocycles. The van der Waals surface area contributed by atoms with Crippen molar-refractivity contribution in [2.45, 2.75) is 26.3 Å². The third-order valence-electron chi connectivity index (χ3n) is 6.07. The van der Waals surface area contributed by atoms with Crippen molar-refractivity contribution in [2.75, 3.05) is 37.6 Å². The lowest BCUT2D eigenvalue weighted by Crippen LogP contribution is -2.50. The average molecular weight is 488 g/mol. The van der Waals surface area contributed by atoms with E-state index in [1.54, 1.807) is 6.20 Å². The van der Waals surface area contributed by atoms with E-state index in [-0.39, 0.29) is 29.3 Å². The fourth-order valence-corrected chi connectivity index (χ4v) is 4.38. The normalized spacial score (nSPS) is 14.5. The van der Waals surface area contributed by atoms with E-state index < -0.39 is 0 Å². The fourth-order valence-electron chi connectivity index (χ4n) is 4.38. The summed E-state index contributed by atoms with van der Waals surface area (Å²) in [6.07, 6.45) is 2.12. The molecule has 1 aliphatic heterocycles. The molecule has 2 N–H and O–H groups in total. The van der Waals surface area contributed by atoms with Gasteiger partial charge in [-0.1, -0.05) is 30.3 Å². The van der Waals surface area contributed by atoms with E-state index in [0.717, 1.165) is 10.9 Å². The Hall–Kier alpha value is -4.05. The molecule has 186 valence electrons. The van der Waals surface area contributed by atoms with Crippen molar-refractivity contribution in [3.8, 4) is 17.3 Å². The lowest BCUT2D eigenvalue weighted by molar-refractivity contribution is -0.122. The molecular weight excluding hydrogens is 458 g/mol. The van der Waals surface area contributed by atoms with Gasteiger partial charge >= 0.3 is 0 Å². The van der Waals surface area contributed by atoms with Crippen LogP contribution in [-0.2, 0) is 11.2 Å². The number of piperazine rings is 1. The highest BCUT2D eigenvalue weighted by molar-refractivity contribution is 5.97. The van der Waals surface area contributed by atoms with Gasteiger partial charge in [0.1, 0.15) is 11.3 Å². The van der Waals surface area contributed by atoms with Crippen LogP contribution in [0.15, 0.2) is 53.1 Å². The van der Waals surface area contributed by atoms with E-state index in [2.05, 4.69) is 30.3 Å². The number of anilines is 1. The van der Waals surface area contributed by atoms with Crippen molar-refractivity contribution in [1.82, 2.24) is 30.4 Å². The van der Waals surface area contributed by atoms with Crippen molar-refractivity contribution in [3.05, 3.63) is 60.1 Å². The number of aromatic hydroxyl groups is 1. The molecule has 1 fully saturated rings. The largest absolute Gasteiger partial charge is 0.504 e. The highest BCUT2D eigenvalue weighted by Crippen LogP contribution is 2.37. The number of fused-ring (bicyclic) bond motifs is 1. The summed E-state index contributed by atoms with van der Waals surface area (Å²) in [5.41, 5.74) is 1.69. The summed E-state index contributed by atoms with van der Waals surface area (Å²) >= 11 is 0. The molecule has 0 unspecified atom stereocenters. The smallest absolute Gasteiger partial charge is 0.270 e. The molecule has 0 bridgehead atoms. The van der Waals surface area contributed by atoms with Gasteiger partial charge in [0.2, 0.25) is 11.8 Å². The van der Waals surface area contributed by atoms with E-state index >= 15 is 0 Å². The molecule has 1 saturated heterocycles. The van der Waals surface area contributed by atoms with Crippen LogP contribution in [0, 0.1) is 0 Å². The van der Waals surface area contributed by atoms with Gasteiger partial charge in [-0.3, -0.25) is 14.7 Å². The number of pyridine rings is 2. The Balaban J connectivity index is 1.40. The number of rotatable bonds is 7. The van der Waals surface area contributed by atoms with Gasteiger partial charge in [0.15, 0.2) is 11.4 Å². The minimum Gasteiger partial charge on any atom is -0.504 e. The van der Waals surface area contributed by atoms with E-state index in [0.29, 0.717) is 56.4 Å². The average Bonchev–Trinajstić information content (AvgIpc) is 3.33. The molecule has 10 nitrogen and oxygen atoms in total. The van der Waals surface area contributed by atoms with Gasteiger partial charge < -0.3 is 19.7 Å². The van der Waals surface area contributed by atoms with Crippen molar-refractivity contribution >= 4 is 22.6 Å². The number of aromatic nitrogens is 4. The van der Waals surface area contributed by atoms with Crippen molar-refractivity contribution < 1.29 is 14.3 Å². The SMILES string of the molecule is CC(C)NC(=O)CN1CCN(c2nc(-c3nnc(Cc4ccccc4)o3)c(O)c3ncccc23)CC1. The molecule has 0 spiro atoms. The first-order valence-corrected chi connectivity index (χ1v) is 12.1. The van der Waals surface area contributed by atoms with Crippen LogP contribution in [0.4, 0.5) is 5.82 Å². The minimum atomic E-state index is -0.0896. The zero-order chi connectivity index (χ0) is 25.1. The highest BCUT2D eigenvalue weighted by atomic mass is 16.4. The first-order chi connectivity index (χ1) is 17.5. The summed E-state index contributed by atoms with van der Waals surface area (Å²) in [5, 5.41) is 23.0. The zero-order valence-corrected chi connectivity index (χ0v) is 20.4. The van der Waals surface area contributed by atoms with Gasteiger partial charge in [-0.05, 0) is 31.5 Å². The Labute approximate surface area is 209 Å². The molecular formula is C26H29N7O3. The molecule has 0 saturated carbocycles. The van der Waals surface area contributed by atoms with Crippen LogP contribution in [0.2, 0.25) is 0 Å². The third kappa shape index (κ3) is 5.13. The molecule has 0 aliphatic carbocycles. The Morgan fingerprint density at radius 1 is 1.08 bits per heavy atom. The second kappa shape index (κ2) is 10.3. The van der Waals surface area contributed by atoms with Crippen LogP contribution < -0.4 is 10.2 Å². The van der Waals surface area contributed by atoms with Crippen molar-refractivity contribution in [1.29, 1.82) is 0 Å². The summed E-state index contributed by atoms with van der Waals surface area (Å²) in [4.78, 5) is 25.6. The third-order valence-corrected chi connectivity index (χ3v) is 6.07. The lowest BCUT2D eigenvalue weighted by Gasteiger charge is -2.35. The van der Waals surface area contributed by atoms with Gasteiger partial charge in [-0.15, -0.1) is 10.2 Å². The summed E-state index contributed by atoms with van der Waals surface area (Å²) < 4.78 is 5.89. The maximum Gasteiger partial charge on any atom is 0.270 e. The highest BCUT2D eigenvalue weighted by Gasteiger charge is 2.26. The maximum atomic E-state index is 12.2. The van der Waals surface area contributed by atoms with Crippen molar-refractivity contribution in [3.63, 3.8) is 0 Å². The summed E-state index contributed by atoms with van der Waals surface area (Å²) in [7, 11) is 0. The number of amides is 1. The predicted octanol–water partition coefficient (Wildman–Crippen LogP) is 2.62. The van der Waals surface area contributed by atoms with Crippen LogP contribution in [0.25, 0.3) is 22.5 Å². The number of carbonyl (C=O) groups is 1. The fraction of sp³-hybridized carbons (Fsp3) is 0.346. The number of hydrogen-bond donors (Lipinski definition) is 2. The van der Waals surface area contributed by atoms with Gasteiger partial charge in [0.25, 0.3) is 5.89 Å². The second-order valence-electron chi connectivity index (χ2n) is 9.18. The van der Waals surface area contributed by atoms with E-state index in [1.807, 2.05) is 56.3 Å². The predicted molar refractivity (Wildman–Crippen MR) is 136 cm³/mol. The van der Waals surface area contributed by atoms with Crippen LogP contribution in [0.1, 0.15) is 25.3 Å². The van der Waals surface area contributed by atoms with E-state index in [9.17, 15) is 9.90 Å². The molecule has 5 rings (SSSR count). The molecule has 1 aromatic carbocycles.